The van der Waals surface area contributed by atoms with Gasteiger partial charge in [0.15, 0.2) is 0 Å². The lowest BCUT2D eigenvalue weighted by atomic mass is 9.99. The standard InChI is InChI=1S/C22H22N4O/c1-15-5-3-6-16(13-15)20-21(26-18-7-4-9-25-22(18)20)17-8-10-24-14-19(17)27-12-11-23-2/h3-10,13-14,23,26H,11-12H2,1-2H3. The number of fused-ring (bicyclic) bond motifs is 1. The van der Waals surface area contributed by atoms with Crippen molar-refractivity contribution in [3.63, 3.8) is 0 Å². The minimum atomic E-state index is 0.577. The summed E-state index contributed by atoms with van der Waals surface area (Å²) in [5.41, 5.74) is 7.36. The Morgan fingerprint density at radius 2 is 2.04 bits per heavy atom. The highest BCUT2D eigenvalue weighted by Crippen LogP contribution is 2.40. The van der Waals surface area contributed by atoms with E-state index in [4.69, 9.17) is 4.74 Å². The van der Waals surface area contributed by atoms with Crippen molar-refractivity contribution < 1.29 is 4.74 Å². The zero-order valence-corrected chi connectivity index (χ0v) is 15.5. The van der Waals surface area contributed by atoms with Gasteiger partial charge in [0.25, 0.3) is 0 Å². The van der Waals surface area contributed by atoms with E-state index in [2.05, 4.69) is 51.5 Å². The number of nitrogens with zero attached hydrogens (tertiary/aromatic N) is 2. The molecule has 2 N–H and O–H groups in total. The number of benzene rings is 1. The number of hydrogen-bond acceptors (Lipinski definition) is 4. The number of aromatic amines is 1. The molecule has 4 rings (SSSR count). The summed E-state index contributed by atoms with van der Waals surface area (Å²) in [6.07, 6.45) is 5.39. The van der Waals surface area contributed by atoms with E-state index >= 15 is 0 Å². The van der Waals surface area contributed by atoms with Gasteiger partial charge in [-0.05, 0) is 37.7 Å². The summed E-state index contributed by atoms with van der Waals surface area (Å²) in [7, 11) is 1.91. The third-order valence-corrected chi connectivity index (χ3v) is 4.52. The highest BCUT2D eigenvalue weighted by molar-refractivity contribution is 6.02. The summed E-state index contributed by atoms with van der Waals surface area (Å²) < 4.78 is 5.98. The first-order chi connectivity index (χ1) is 13.3. The largest absolute Gasteiger partial charge is 0.490 e. The molecule has 0 aliphatic heterocycles. The van der Waals surface area contributed by atoms with Crippen LogP contribution in [0.25, 0.3) is 33.4 Å². The number of nitrogens with one attached hydrogen (secondary N) is 2. The molecule has 0 bridgehead atoms. The molecule has 0 fully saturated rings. The van der Waals surface area contributed by atoms with Gasteiger partial charge in [-0.3, -0.25) is 9.97 Å². The van der Waals surface area contributed by atoms with Gasteiger partial charge in [-0.25, -0.2) is 0 Å². The third kappa shape index (κ3) is 3.41. The summed E-state index contributed by atoms with van der Waals surface area (Å²) in [6, 6.07) is 14.5. The van der Waals surface area contributed by atoms with Gasteiger partial charge >= 0.3 is 0 Å². The van der Waals surface area contributed by atoms with Crippen molar-refractivity contribution in [1.29, 1.82) is 0 Å². The average molecular weight is 358 g/mol. The van der Waals surface area contributed by atoms with E-state index in [1.54, 1.807) is 12.4 Å². The molecule has 0 amide bonds. The van der Waals surface area contributed by atoms with Crippen LogP contribution in [-0.2, 0) is 0 Å². The third-order valence-electron chi connectivity index (χ3n) is 4.52. The Morgan fingerprint density at radius 1 is 1.11 bits per heavy atom. The number of ether oxygens (including phenoxy) is 1. The fraction of sp³-hybridized carbons (Fsp3) is 0.182. The second-order valence-corrected chi connectivity index (χ2v) is 6.47. The normalized spacial score (nSPS) is 11.0. The molecule has 27 heavy (non-hydrogen) atoms. The molecular formula is C22H22N4O. The van der Waals surface area contributed by atoms with Gasteiger partial charge in [0.2, 0.25) is 0 Å². The molecule has 0 aliphatic carbocycles. The highest BCUT2D eigenvalue weighted by Gasteiger charge is 2.19. The highest BCUT2D eigenvalue weighted by atomic mass is 16.5. The molecule has 0 saturated heterocycles. The molecule has 3 aromatic heterocycles. The van der Waals surface area contributed by atoms with Crippen LogP contribution in [0.5, 0.6) is 5.75 Å². The Morgan fingerprint density at radius 3 is 2.89 bits per heavy atom. The molecule has 0 radical (unpaired) electrons. The first kappa shape index (κ1) is 17.2. The van der Waals surface area contributed by atoms with Gasteiger partial charge < -0.3 is 15.0 Å². The van der Waals surface area contributed by atoms with Crippen molar-refractivity contribution in [2.75, 3.05) is 20.2 Å². The van der Waals surface area contributed by atoms with E-state index in [1.165, 1.54) is 5.56 Å². The van der Waals surface area contributed by atoms with Crippen LogP contribution < -0.4 is 10.1 Å². The van der Waals surface area contributed by atoms with Crippen molar-refractivity contribution in [2.24, 2.45) is 0 Å². The first-order valence-corrected chi connectivity index (χ1v) is 9.03. The van der Waals surface area contributed by atoms with Crippen LogP contribution in [0, 0.1) is 6.92 Å². The SMILES string of the molecule is CNCCOc1cnccc1-c1[nH]c2cccnc2c1-c1cccc(C)c1. The maximum atomic E-state index is 5.98. The van der Waals surface area contributed by atoms with Crippen LogP contribution in [0.1, 0.15) is 5.56 Å². The van der Waals surface area contributed by atoms with Crippen LogP contribution in [0.3, 0.4) is 0 Å². The van der Waals surface area contributed by atoms with Crippen molar-refractivity contribution >= 4 is 11.0 Å². The fourth-order valence-corrected chi connectivity index (χ4v) is 3.27. The molecule has 5 nitrogen and oxygen atoms in total. The monoisotopic (exact) mass is 358 g/mol. The van der Waals surface area contributed by atoms with Crippen LogP contribution in [0.15, 0.2) is 61.1 Å². The molecule has 136 valence electrons. The minimum absolute atomic E-state index is 0.577. The first-order valence-electron chi connectivity index (χ1n) is 9.03. The van der Waals surface area contributed by atoms with E-state index in [9.17, 15) is 0 Å². The van der Waals surface area contributed by atoms with Gasteiger partial charge in [-0.1, -0.05) is 29.8 Å². The Kier molecular flexibility index (Phi) is 4.85. The molecule has 0 unspecified atom stereocenters. The molecular weight excluding hydrogens is 336 g/mol. The number of aromatic nitrogens is 3. The lowest BCUT2D eigenvalue weighted by Gasteiger charge is -2.12. The molecule has 0 spiro atoms. The number of likely N-dealkylation sites (N-methyl/N-ethyl adjacent to an activating group) is 1. The molecule has 3 heterocycles. The number of hydrogen-bond donors (Lipinski definition) is 2. The maximum absolute atomic E-state index is 5.98. The zero-order chi connectivity index (χ0) is 18.6. The van der Waals surface area contributed by atoms with Crippen molar-refractivity contribution in [1.82, 2.24) is 20.3 Å². The summed E-state index contributed by atoms with van der Waals surface area (Å²) in [5.74, 6) is 0.758. The summed E-state index contributed by atoms with van der Waals surface area (Å²) in [5, 5.41) is 3.10. The average Bonchev–Trinajstić information content (AvgIpc) is 3.08. The Hall–Kier alpha value is -3.18. The second-order valence-electron chi connectivity index (χ2n) is 6.47. The quantitative estimate of drug-likeness (QED) is 0.507. The lowest BCUT2D eigenvalue weighted by molar-refractivity contribution is 0.318. The van der Waals surface area contributed by atoms with E-state index < -0.39 is 0 Å². The molecule has 0 aliphatic rings. The van der Waals surface area contributed by atoms with Gasteiger partial charge in [-0.2, -0.15) is 0 Å². The van der Waals surface area contributed by atoms with Gasteiger partial charge in [-0.15, -0.1) is 0 Å². The predicted octanol–water partition coefficient (Wildman–Crippen LogP) is 4.20. The van der Waals surface area contributed by atoms with Crippen LogP contribution in [0.4, 0.5) is 0 Å². The molecule has 0 saturated carbocycles. The van der Waals surface area contributed by atoms with Crippen molar-refractivity contribution in [2.45, 2.75) is 6.92 Å². The maximum Gasteiger partial charge on any atom is 0.146 e. The van der Waals surface area contributed by atoms with Crippen molar-refractivity contribution in [3.05, 3.63) is 66.6 Å². The zero-order valence-electron chi connectivity index (χ0n) is 15.5. The van der Waals surface area contributed by atoms with Crippen LogP contribution in [0.2, 0.25) is 0 Å². The van der Waals surface area contributed by atoms with E-state index in [-0.39, 0.29) is 0 Å². The number of pyridine rings is 2. The van der Waals surface area contributed by atoms with Gasteiger partial charge in [0.1, 0.15) is 12.4 Å². The number of H-pyrrole nitrogens is 1. The molecule has 4 aromatic rings. The fourth-order valence-electron chi connectivity index (χ4n) is 3.27. The number of aryl methyl sites for hydroxylation is 1. The van der Waals surface area contributed by atoms with Gasteiger partial charge in [0, 0.05) is 30.1 Å². The summed E-state index contributed by atoms with van der Waals surface area (Å²) >= 11 is 0. The number of rotatable bonds is 6. The Balaban J connectivity index is 1.92. The Bertz CT molecular complexity index is 1070. The Labute approximate surface area is 158 Å². The minimum Gasteiger partial charge on any atom is -0.490 e. The second kappa shape index (κ2) is 7.60. The predicted molar refractivity (Wildman–Crippen MR) is 109 cm³/mol. The van der Waals surface area contributed by atoms with Gasteiger partial charge in [0.05, 0.1) is 22.9 Å². The molecule has 5 heteroatoms. The summed E-state index contributed by atoms with van der Waals surface area (Å²) in [4.78, 5) is 12.4. The van der Waals surface area contributed by atoms with E-state index in [1.807, 2.05) is 31.4 Å². The summed E-state index contributed by atoms with van der Waals surface area (Å²) in [6.45, 7) is 3.45. The molecule has 0 atom stereocenters. The smallest absolute Gasteiger partial charge is 0.146 e. The van der Waals surface area contributed by atoms with E-state index in [0.29, 0.717) is 6.61 Å². The molecule has 1 aromatic carbocycles. The van der Waals surface area contributed by atoms with Crippen LogP contribution >= 0.6 is 0 Å². The van der Waals surface area contributed by atoms with Crippen molar-refractivity contribution in [3.8, 4) is 28.1 Å². The topological polar surface area (TPSA) is 62.8 Å². The van der Waals surface area contributed by atoms with Crippen LogP contribution in [-0.4, -0.2) is 35.2 Å². The lowest BCUT2D eigenvalue weighted by Crippen LogP contribution is -2.16. The van der Waals surface area contributed by atoms with E-state index in [0.717, 1.165) is 45.7 Å².